The van der Waals surface area contributed by atoms with E-state index in [0.29, 0.717) is 12.8 Å². The summed E-state index contributed by atoms with van der Waals surface area (Å²) >= 11 is 1.19. The zero-order chi connectivity index (χ0) is 12.9. The zero-order valence-electron chi connectivity index (χ0n) is 10.5. The van der Waals surface area contributed by atoms with Gasteiger partial charge < -0.3 is 0 Å². The number of ketones is 1. The van der Waals surface area contributed by atoms with E-state index in [0.717, 1.165) is 5.56 Å². The van der Waals surface area contributed by atoms with Gasteiger partial charge in [-0.15, -0.1) is 0 Å². The van der Waals surface area contributed by atoms with Gasteiger partial charge in [0, 0.05) is 18.3 Å². The zero-order valence-corrected chi connectivity index (χ0v) is 11.3. The number of thioether (sulfide) groups is 1. The van der Waals surface area contributed by atoms with Crippen LogP contribution in [0, 0.1) is 5.41 Å². The summed E-state index contributed by atoms with van der Waals surface area (Å²) in [6.45, 7) is 3.66. The molecule has 3 heteroatoms. The first kappa shape index (κ1) is 14.0. The molecule has 0 unspecified atom stereocenters. The van der Waals surface area contributed by atoms with E-state index in [1.807, 2.05) is 44.2 Å². The maximum Gasteiger partial charge on any atom is 0.194 e. The predicted octanol–water partition coefficient (Wildman–Crippen LogP) is 3.10. The summed E-state index contributed by atoms with van der Waals surface area (Å²) in [5.74, 6) is 0.114. The van der Waals surface area contributed by atoms with E-state index in [-0.39, 0.29) is 10.9 Å². The second-order valence-corrected chi connectivity index (χ2v) is 5.53. The molecule has 0 saturated heterocycles. The van der Waals surface area contributed by atoms with E-state index in [1.54, 1.807) is 6.26 Å². The minimum Gasteiger partial charge on any atom is -0.299 e. The lowest BCUT2D eigenvalue weighted by atomic mass is 9.87. The number of rotatable bonds is 5. The molecule has 17 heavy (non-hydrogen) atoms. The molecular weight excluding hydrogens is 232 g/mol. The highest BCUT2D eigenvalue weighted by Crippen LogP contribution is 2.27. The molecule has 0 atom stereocenters. The van der Waals surface area contributed by atoms with Gasteiger partial charge in [-0.1, -0.05) is 55.9 Å². The van der Waals surface area contributed by atoms with Crippen LogP contribution in [0.1, 0.15) is 25.8 Å². The van der Waals surface area contributed by atoms with E-state index in [9.17, 15) is 9.59 Å². The fraction of sp³-hybridized carbons (Fsp3) is 0.429. The van der Waals surface area contributed by atoms with Gasteiger partial charge in [-0.3, -0.25) is 9.59 Å². The Hall–Kier alpha value is -1.09. The molecule has 1 aromatic rings. The van der Waals surface area contributed by atoms with Gasteiger partial charge in [-0.2, -0.15) is 0 Å². The second-order valence-electron chi connectivity index (χ2n) is 4.75. The number of carbonyl (C=O) groups is 2. The molecule has 2 nitrogen and oxygen atoms in total. The third-order valence-electron chi connectivity index (χ3n) is 2.62. The maximum absolute atomic E-state index is 11.9. The fourth-order valence-corrected chi connectivity index (χ4v) is 2.35. The average Bonchev–Trinajstić information content (AvgIpc) is 2.28. The Labute approximate surface area is 107 Å². The van der Waals surface area contributed by atoms with Crippen molar-refractivity contribution in [1.82, 2.24) is 0 Å². The van der Waals surface area contributed by atoms with Crippen LogP contribution in [0.3, 0.4) is 0 Å². The first-order chi connectivity index (χ1) is 7.95. The molecule has 0 fully saturated rings. The molecule has 0 spiro atoms. The predicted molar refractivity (Wildman–Crippen MR) is 72.1 cm³/mol. The van der Waals surface area contributed by atoms with Gasteiger partial charge in [0.2, 0.25) is 0 Å². The largest absolute Gasteiger partial charge is 0.299 e. The third-order valence-corrected chi connectivity index (χ3v) is 3.54. The molecule has 0 amide bonds. The van der Waals surface area contributed by atoms with E-state index in [2.05, 4.69) is 0 Å². The van der Waals surface area contributed by atoms with Gasteiger partial charge in [-0.25, -0.2) is 0 Å². The lowest BCUT2D eigenvalue weighted by molar-refractivity contribution is -0.126. The number of hydrogen-bond donors (Lipinski definition) is 0. The molecule has 0 aliphatic rings. The minimum atomic E-state index is -0.564. The van der Waals surface area contributed by atoms with Crippen molar-refractivity contribution in [2.45, 2.75) is 26.7 Å². The van der Waals surface area contributed by atoms with Crippen LogP contribution in [0.4, 0.5) is 0 Å². The Balaban J connectivity index is 2.59. The topological polar surface area (TPSA) is 34.1 Å². The summed E-state index contributed by atoms with van der Waals surface area (Å²) in [6, 6.07) is 9.62. The van der Waals surface area contributed by atoms with Crippen molar-refractivity contribution in [3.05, 3.63) is 35.9 Å². The normalized spacial score (nSPS) is 11.2. The monoisotopic (exact) mass is 250 g/mol. The molecule has 0 aliphatic carbocycles. The van der Waals surface area contributed by atoms with E-state index < -0.39 is 5.41 Å². The first-order valence-corrected chi connectivity index (χ1v) is 6.82. The Kier molecular flexibility index (Phi) is 4.94. The summed E-state index contributed by atoms with van der Waals surface area (Å²) in [7, 11) is 0. The SMILES string of the molecule is CSC(=O)C(C)(C)CC(=O)Cc1ccccc1. The number of hydrogen-bond acceptors (Lipinski definition) is 3. The van der Waals surface area contributed by atoms with Crippen molar-refractivity contribution in [1.29, 1.82) is 0 Å². The van der Waals surface area contributed by atoms with Gasteiger partial charge in [0.25, 0.3) is 0 Å². The standard InChI is InChI=1S/C14H18O2S/c1-14(2,13(16)17-3)10-12(15)9-11-7-5-4-6-8-11/h4-8H,9-10H2,1-3H3. The molecular formula is C14H18O2S. The van der Waals surface area contributed by atoms with Gasteiger partial charge in [0.1, 0.15) is 5.78 Å². The Morgan fingerprint density at radius 2 is 1.76 bits per heavy atom. The van der Waals surface area contributed by atoms with Crippen LogP contribution in [-0.2, 0) is 16.0 Å². The van der Waals surface area contributed by atoms with Crippen molar-refractivity contribution >= 4 is 22.7 Å². The molecule has 1 rings (SSSR count). The maximum atomic E-state index is 11.9. The molecule has 0 aliphatic heterocycles. The van der Waals surface area contributed by atoms with E-state index >= 15 is 0 Å². The fourth-order valence-electron chi connectivity index (χ4n) is 1.73. The Morgan fingerprint density at radius 1 is 1.18 bits per heavy atom. The van der Waals surface area contributed by atoms with Crippen LogP contribution < -0.4 is 0 Å². The minimum absolute atomic E-state index is 0.0684. The van der Waals surface area contributed by atoms with Gasteiger partial charge >= 0.3 is 0 Å². The van der Waals surface area contributed by atoms with Crippen LogP contribution in [-0.4, -0.2) is 17.2 Å². The first-order valence-electron chi connectivity index (χ1n) is 5.60. The van der Waals surface area contributed by atoms with Crippen LogP contribution in [0.2, 0.25) is 0 Å². The second kappa shape index (κ2) is 6.01. The van der Waals surface area contributed by atoms with Crippen molar-refractivity contribution in [2.24, 2.45) is 5.41 Å². The molecule has 0 heterocycles. The summed E-state index contributed by atoms with van der Waals surface area (Å²) < 4.78 is 0. The molecule has 0 N–H and O–H groups in total. The molecule has 0 saturated carbocycles. The average molecular weight is 250 g/mol. The van der Waals surface area contributed by atoms with Crippen LogP contribution in [0.25, 0.3) is 0 Å². The van der Waals surface area contributed by atoms with Gasteiger partial charge in [0.15, 0.2) is 5.12 Å². The lowest BCUT2D eigenvalue weighted by Gasteiger charge is -2.20. The summed E-state index contributed by atoms with van der Waals surface area (Å²) in [5, 5.41) is 0.0684. The van der Waals surface area contributed by atoms with E-state index in [4.69, 9.17) is 0 Å². The summed E-state index contributed by atoms with van der Waals surface area (Å²) in [4.78, 5) is 23.5. The van der Waals surface area contributed by atoms with Crippen molar-refractivity contribution in [3.8, 4) is 0 Å². The highest BCUT2D eigenvalue weighted by atomic mass is 32.2. The molecule has 0 aromatic heterocycles. The molecule has 92 valence electrons. The highest BCUT2D eigenvalue weighted by Gasteiger charge is 2.29. The number of Topliss-reactive ketones (excluding diaryl/α,β-unsaturated/α-hetero) is 1. The highest BCUT2D eigenvalue weighted by molar-refractivity contribution is 8.13. The van der Waals surface area contributed by atoms with Gasteiger partial charge in [-0.05, 0) is 11.8 Å². The number of benzene rings is 1. The van der Waals surface area contributed by atoms with Crippen LogP contribution in [0.5, 0.6) is 0 Å². The quantitative estimate of drug-likeness (QED) is 0.805. The van der Waals surface area contributed by atoms with Crippen LogP contribution >= 0.6 is 11.8 Å². The smallest absolute Gasteiger partial charge is 0.194 e. The lowest BCUT2D eigenvalue weighted by Crippen LogP contribution is -2.25. The third kappa shape index (κ3) is 4.35. The van der Waals surface area contributed by atoms with E-state index in [1.165, 1.54) is 11.8 Å². The van der Waals surface area contributed by atoms with Crippen LogP contribution in [0.15, 0.2) is 30.3 Å². The Morgan fingerprint density at radius 3 is 2.29 bits per heavy atom. The molecule has 1 aromatic carbocycles. The summed E-state index contributed by atoms with van der Waals surface area (Å²) in [5.41, 5.74) is 0.440. The summed E-state index contributed by atoms with van der Waals surface area (Å²) in [6.07, 6.45) is 2.47. The van der Waals surface area contributed by atoms with Crippen molar-refractivity contribution in [2.75, 3.05) is 6.26 Å². The molecule has 0 bridgehead atoms. The van der Waals surface area contributed by atoms with Gasteiger partial charge in [0.05, 0.1) is 0 Å². The van der Waals surface area contributed by atoms with Crippen molar-refractivity contribution in [3.63, 3.8) is 0 Å². The Bertz CT molecular complexity index is 396. The number of carbonyl (C=O) groups excluding carboxylic acids is 2. The van der Waals surface area contributed by atoms with Crippen molar-refractivity contribution < 1.29 is 9.59 Å². The molecule has 0 radical (unpaired) electrons.